The van der Waals surface area contributed by atoms with Gasteiger partial charge in [-0.05, 0) is 39.0 Å². The van der Waals surface area contributed by atoms with Crippen LogP contribution in [0, 0.1) is 11.8 Å². The van der Waals surface area contributed by atoms with Crippen molar-refractivity contribution in [2.45, 2.75) is 79.0 Å². The molecule has 0 aliphatic heterocycles. The van der Waals surface area contributed by atoms with Crippen LogP contribution in [0.25, 0.3) is 0 Å². The quantitative estimate of drug-likeness (QED) is 0.706. The van der Waals surface area contributed by atoms with Crippen molar-refractivity contribution in [2.24, 2.45) is 17.6 Å². The molecule has 3 atom stereocenters. The third-order valence-corrected chi connectivity index (χ3v) is 3.27. The maximum atomic E-state index is 12.2. The number of hydrogen-bond donors (Lipinski definition) is 2. The average Bonchev–Trinajstić information content (AvgIpc) is 2.33. The molecule has 0 fully saturated rings. The smallest absolute Gasteiger partial charge is 0.329 e. The number of rotatable bonds is 7. The summed E-state index contributed by atoms with van der Waals surface area (Å²) in [5.74, 6) is -0.354. The number of ether oxygens (including phenoxy) is 1. The normalized spacial score (nSPS) is 16.2. The van der Waals surface area contributed by atoms with E-state index < -0.39 is 23.7 Å². The van der Waals surface area contributed by atoms with Crippen molar-refractivity contribution >= 4 is 11.9 Å². The summed E-state index contributed by atoms with van der Waals surface area (Å²) in [4.78, 5) is 24.4. The lowest BCUT2D eigenvalue weighted by atomic mass is 9.98. The zero-order chi connectivity index (χ0) is 16.8. The monoisotopic (exact) mass is 300 g/mol. The van der Waals surface area contributed by atoms with Crippen LogP contribution in [-0.4, -0.2) is 29.6 Å². The van der Waals surface area contributed by atoms with Gasteiger partial charge in [0.25, 0.3) is 0 Å². The molecule has 0 aliphatic rings. The van der Waals surface area contributed by atoms with Gasteiger partial charge in [0.05, 0.1) is 6.04 Å². The highest BCUT2D eigenvalue weighted by atomic mass is 16.6. The van der Waals surface area contributed by atoms with Crippen LogP contribution in [0.1, 0.15) is 61.3 Å². The van der Waals surface area contributed by atoms with Crippen molar-refractivity contribution in [1.29, 1.82) is 0 Å². The van der Waals surface area contributed by atoms with E-state index in [-0.39, 0.29) is 17.7 Å². The van der Waals surface area contributed by atoms with Gasteiger partial charge in [0.2, 0.25) is 5.91 Å². The molecule has 0 aromatic heterocycles. The molecule has 21 heavy (non-hydrogen) atoms. The second kappa shape index (κ2) is 8.37. The lowest BCUT2D eigenvalue weighted by Crippen LogP contribution is -2.52. The van der Waals surface area contributed by atoms with Gasteiger partial charge < -0.3 is 15.8 Å². The lowest BCUT2D eigenvalue weighted by Gasteiger charge is -2.27. The Morgan fingerprint density at radius 1 is 1.19 bits per heavy atom. The fourth-order valence-corrected chi connectivity index (χ4v) is 1.84. The molecule has 0 radical (unpaired) electrons. The van der Waals surface area contributed by atoms with E-state index in [1.807, 2.05) is 48.5 Å². The molecule has 0 aromatic carbocycles. The molecule has 124 valence electrons. The van der Waals surface area contributed by atoms with Gasteiger partial charge in [-0.1, -0.05) is 34.1 Å². The van der Waals surface area contributed by atoms with Crippen LogP contribution in [0.3, 0.4) is 0 Å². The molecule has 1 amide bonds. The van der Waals surface area contributed by atoms with Crippen molar-refractivity contribution in [3.8, 4) is 0 Å². The SMILES string of the molecule is CC[C@H](C)[C@H](N)C(=O)N[C@@H](CC(C)C)C(=O)OC(C)(C)C. The zero-order valence-corrected chi connectivity index (χ0v) is 14.5. The van der Waals surface area contributed by atoms with Crippen LogP contribution in [-0.2, 0) is 14.3 Å². The molecule has 0 unspecified atom stereocenters. The number of esters is 1. The lowest BCUT2D eigenvalue weighted by molar-refractivity contribution is -0.159. The topological polar surface area (TPSA) is 81.4 Å². The van der Waals surface area contributed by atoms with Gasteiger partial charge in [-0.25, -0.2) is 4.79 Å². The minimum Gasteiger partial charge on any atom is -0.458 e. The minimum absolute atomic E-state index is 0.0725. The van der Waals surface area contributed by atoms with E-state index in [4.69, 9.17) is 10.5 Å². The van der Waals surface area contributed by atoms with Crippen LogP contribution < -0.4 is 11.1 Å². The third kappa shape index (κ3) is 8.05. The molecular weight excluding hydrogens is 268 g/mol. The Bertz CT molecular complexity index is 348. The minimum atomic E-state index is -0.646. The first-order valence-electron chi connectivity index (χ1n) is 7.76. The Morgan fingerprint density at radius 2 is 1.71 bits per heavy atom. The molecule has 5 nitrogen and oxygen atoms in total. The predicted octanol–water partition coefficient (Wildman–Crippen LogP) is 2.23. The van der Waals surface area contributed by atoms with E-state index in [0.717, 1.165) is 6.42 Å². The first-order chi connectivity index (χ1) is 9.47. The van der Waals surface area contributed by atoms with Crippen molar-refractivity contribution in [2.75, 3.05) is 0 Å². The predicted molar refractivity (Wildman–Crippen MR) is 84.7 cm³/mol. The Balaban J connectivity index is 4.84. The molecule has 0 heterocycles. The first kappa shape index (κ1) is 19.9. The van der Waals surface area contributed by atoms with Crippen LogP contribution in [0.4, 0.5) is 0 Å². The highest BCUT2D eigenvalue weighted by molar-refractivity contribution is 5.87. The summed E-state index contributed by atoms with van der Waals surface area (Å²) in [6.45, 7) is 13.3. The van der Waals surface area contributed by atoms with E-state index in [0.29, 0.717) is 6.42 Å². The van der Waals surface area contributed by atoms with Gasteiger partial charge >= 0.3 is 5.97 Å². The molecule has 0 spiro atoms. The fourth-order valence-electron chi connectivity index (χ4n) is 1.84. The number of carbonyl (C=O) groups excluding carboxylic acids is 2. The summed E-state index contributed by atoms with van der Waals surface area (Å²) >= 11 is 0. The standard InChI is InChI=1S/C16H32N2O3/c1-8-11(4)13(17)14(19)18-12(9-10(2)3)15(20)21-16(5,6)7/h10-13H,8-9,17H2,1-7H3,(H,18,19)/t11-,12-,13-/m0/s1. The zero-order valence-electron chi connectivity index (χ0n) is 14.5. The number of nitrogens with one attached hydrogen (secondary N) is 1. The first-order valence-corrected chi connectivity index (χ1v) is 7.76. The van der Waals surface area contributed by atoms with E-state index in [1.54, 1.807) is 0 Å². The third-order valence-electron chi connectivity index (χ3n) is 3.27. The van der Waals surface area contributed by atoms with Gasteiger partial charge in [-0.3, -0.25) is 4.79 Å². The summed E-state index contributed by atoms with van der Waals surface area (Å²) in [6, 6.07) is -1.25. The Labute approximate surface area is 129 Å². The summed E-state index contributed by atoms with van der Waals surface area (Å²) < 4.78 is 5.37. The molecule has 5 heteroatoms. The highest BCUT2D eigenvalue weighted by Crippen LogP contribution is 2.14. The van der Waals surface area contributed by atoms with Crippen LogP contribution >= 0.6 is 0 Å². The van der Waals surface area contributed by atoms with Gasteiger partial charge in [0, 0.05) is 0 Å². The Morgan fingerprint density at radius 3 is 2.10 bits per heavy atom. The van der Waals surface area contributed by atoms with Gasteiger partial charge in [-0.2, -0.15) is 0 Å². The van der Waals surface area contributed by atoms with Crippen molar-refractivity contribution < 1.29 is 14.3 Å². The maximum Gasteiger partial charge on any atom is 0.329 e. The summed E-state index contributed by atoms with van der Waals surface area (Å²) in [6.07, 6.45) is 1.35. The number of nitrogens with two attached hydrogens (primary N) is 1. The molecule has 0 aliphatic carbocycles. The van der Waals surface area contributed by atoms with Crippen LogP contribution in [0.15, 0.2) is 0 Å². The highest BCUT2D eigenvalue weighted by Gasteiger charge is 2.29. The Kier molecular flexibility index (Phi) is 7.93. The van der Waals surface area contributed by atoms with Crippen LogP contribution in [0.2, 0.25) is 0 Å². The van der Waals surface area contributed by atoms with Gasteiger partial charge in [0.1, 0.15) is 11.6 Å². The van der Waals surface area contributed by atoms with E-state index in [9.17, 15) is 9.59 Å². The number of amides is 1. The van der Waals surface area contributed by atoms with Crippen molar-refractivity contribution in [3.63, 3.8) is 0 Å². The molecule has 0 saturated carbocycles. The van der Waals surface area contributed by atoms with Crippen LogP contribution in [0.5, 0.6) is 0 Å². The van der Waals surface area contributed by atoms with E-state index in [2.05, 4.69) is 5.32 Å². The van der Waals surface area contributed by atoms with Gasteiger partial charge in [0.15, 0.2) is 0 Å². The second-order valence-corrected chi connectivity index (χ2v) is 7.14. The fraction of sp³-hybridized carbons (Fsp3) is 0.875. The molecule has 0 rings (SSSR count). The second-order valence-electron chi connectivity index (χ2n) is 7.14. The molecule has 0 bridgehead atoms. The number of carbonyl (C=O) groups is 2. The summed E-state index contributed by atoms with van der Waals surface area (Å²) in [7, 11) is 0. The molecule has 0 aromatic rings. The molecule has 0 saturated heterocycles. The average molecular weight is 300 g/mol. The van der Waals surface area contributed by atoms with E-state index >= 15 is 0 Å². The largest absolute Gasteiger partial charge is 0.458 e. The van der Waals surface area contributed by atoms with Crippen molar-refractivity contribution in [1.82, 2.24) is 5.32 Å². The molecule has 3 N–H and O–H groups in total. The maximum absolute atomic E-state index is 12.2. The molecular formula is C16H32N2O3. The Hall–Kier alpha value is -1.10. The van der Waals surface area contributed by atoms with E-state index in [1.165, 1.54) is 0 Å². The summed E-state index contributed by atoms with van der Waals surface area (Å²) in [5, 5.41) is 2.75. The van der Waals surface area contributed by atoms with Crippen molar-refractivity contribution in [3.05, 3.63) is 0 Å². The number of hydrogen-bond acceptors (Lipinski definition) is 4. The summed E-state index contributed by atoms with van der Waals surface area (Å²) in [5.41, 5.74) is 5.34. The van der Waals surface area contributed by atoms with Gasteiger partial charge in [-0.15, -0.1) is 0 Å².